The number of hydrogen-bond acceptors (Lipinski definition) is 6. The van der Waals surface area contributed by atoms with Crippen molar-refractivity contribution in [2.24, 2.45) is 0 Å². The van der Waals surface area contributed by atoms with Crippen LogP contribution < -0.4 is 4.90 Å². The molecule has 2 aromatic heterocycles. The first-order valence-corrected chi connectivity index (χ1v) is 8.45. The van der Waals surface area contributed by atoms with Gasteiger partial charge in [-0.3, -0.25) is 4.90 Å². The Bertz CT molecular complexity index is 625. The molecule has 1 fully saturated rings. The van der Waals surface area contributed by atoms with Gasteiger partial charge in [0.25, 0.3) is 0 Å². The van der Waals surface area contributed by atoms with Gasteiger partial charge < -0.3 is 10.0 Å². The molecule has 0 atom stereocenters. The number of thiophene rings is 1. The molecule has 3 rings (SSSR count). The summed E-state index contributed by atoms with van der Waals surface area (Å²) < 4.78 is 0. The summed E-state index contributed by atoms with van der Waals surface area (Å²) in [7, 11) is 0. The van der Waals surface area contributed by atoms with Crippen LogP contribution in [0.1, 0.15) is 11.8 Å². The van der Waals surface area contributed by atoms with Gasteiger partial charge in [-0.1, -0.05) is 6.92 Å². The van der Waals surface area contributed by atoms with Crippen molar-refractivity contribution in [1.29, 1.82) is 0 Å². The van der Waals surface area contributed by atoms with Gasteiger partial charge in [0.1, 0.15) is 10.6 Å². The molecule has 7 heteroatoms. The van der Waals surface area contributed by atoms with Crippen LogP contribution in [0.4, 0.5) is 5.82 Å². The Morgan fingerprint density at radius 2 is 2.05 bits per heavy atom. The largest absolute Gasteiger partial charge is 0.395 e. The van der Waals surface area contributed by atoms with E-state index in [0.717, 1.165) is 55.2 Å². The number of β-amino-alcohol motifs (C(OH)–C–C–N with tert-alkyl or cyclic N) is 1. The zero-order valence-electron chi connectivity index (χ0n) is 12.0. The van der Waals surface area contributed by atoms with Gasteiger partial charge in [0.2, 0.25) is 5.28 Å². The second kappa shape index (κ2) is 6.44. The van der Waals surface area contributed by atoms with Crippen molar-refractivity contribution < 1.29 is 5.11 Å². The number of aromatic nitrogens is 2. The maximum absolute atomic E-state index is 9.02. The summed E-state index contributed by atoms with van der Waals surface area (Å²) in [6.45, 7) is 6.79. The van der Waals surface area contributed by atoms with Crippen LogP contribution in [-0.2, 0) is 6.42 Å². The van der Waals surface area contributed by atoms with Gasteiger partial charge in [0.05, 0.1) is 12.0 Å². The van der Waals surface area contributed by atoms with Crippen molar-refractivity contribution in [3.05, 3.63) is 16.2 Å². The molecule has 1 aliphatic rings. The zero-order chi connectivity index (χ0) is 14.8. The van der Waals surface area contributed by atoms with E-state index in [-0.39, 0.29) is 6.61 Å². The summed E-state index contributed by atoms with van der Waals surface area (Å²) in [6.07, 6.45) is 1.00. The van der Waals surface area contributed by atoms with Gasteiger partial charge >= 0.3 is 0 Å². The lowest BCUT2D eigenvalue weighted by atomic mass is 10.2. The fraction of sp³-hybridized carbons (Fsp3) is 0.571. The highest BCUT2D eigenvalue weighted by molar-refractivity contribution is 7.18. The van der Waals surface area contributed by atoms with Gasteiger partial charge in [0, 0.05) is 37.6 Å². The van der Waals surface area contributed by atoms with Crippen LogP contribution in [-0.4, -0.2) is 59.3 Å². The molecule has 0 bridgehead atoms. The second-order valence-electron chi connectivity index (χ2n) is 5.15. The first-order chi connectivity index (χ1) is 10.2. The van der Waals surface area contributed by atoms with Crippen molar-refractivity contribution in [1.82, 2.24) is 14.9 Å². The number of rotatable bonds is 4. The number of aliphatic hydroxyl groups is 1. The fourth-order valence-electron chi connectivity index (χ4n) is 2.67. The Morgan fingerprint density at radius 3 is 2.71 bits per heavy atom. The topological polar surface area (TPSA) is 52.5 Å². The number of aliphatic hydroxyl groups excluding tert-OH is 1. The molecule has 0 saturated carbocycles. The minimum absolute atomic E-state index is 0.216. The Hall–Kier alpha value is -0.950. The van der Waals surface area contributed by atoms with Crippen LogP contribution >= 0.6 is 22.9 Å². The molecule has 0 aliphatic carbocycles. The normalized spacial score (nSPS) is 16.8. The first-order valence-electron chi connectivity index (χ1n) is 7.25. The summed E-state index contributed by atoms with van der Waals surface area (Å²) in [5.41, 5.74) is 0. The summed E-state index contributed by atoms with van der Waals surface area (Å²) in [6, 6.07) is 2.19. The number of piperazine rings is 1. The predicted octanol–water partition coefficient (Wildman–Crippen LogP) is 2.02. The third kappa shape index (κ3) is 3.13. The summed E-state index contributed by atoms with van der Waals surface area (Å²) in [5, 5.41) is 10.4. The van der Waals surface area contributed by atoms with E-state index in [1.807, 2.05) is 0 Å². The van der Waals surface area contributed by atoms with Gasteiger partial charge in [-0.2, -0.15) is 4.98 Å². The Balaban J connectivity index is 1.88. The van der Waals surface area contributed by atoms with Crippen LogP contribution in [0.2, 0.25) is 5.28 Å². The van der Waals surface area contributed by atoms with Crippen LogP contribution in [0.15, 0.2) is 6.07 Å². The van der Waals surface area contributed by atoms with E-state index in [2.05, 4.69) is 32.8 Å². The molecule has 0 aromatic carbocycles. The summed E-state index contributed by atoms with van der Waals surface area (Å²) in [5.74, 6) is 0.949. The minimum Gasteiger partial charge on any atom is -0.395 e. The molecule has 1 aliphatic heterocycles. The van der Waals surface area contributed by atoms with E-state index in [0.29, 0.717) is 5.28 Å². The van der Waals surface area contributed by atoms with Gasteiger partial charge in [0.15, 0.2) is 0 Å². The van der Waals surface area contributed by atoms with Gasteiger partial charge in [-0.15, -0.1) is 11.3 Å². The number of nitrogens with zero attached hydrogens (tertiary/aromatic N) is 4. The van der Waals surface area contributed by atoms with Crippen LogP contribution in [0, 0.1) is 0 Å². The molecule has 3 heterocycles. The molecular weight excluding hydrogens is 308 g/mol. The lowest BCUT2D eigenvalue weighted by molar-refractivity contribution is 0.188. The van der Waals surface area contributed by atoms with Crippen LogP contribution in [0.25, 0.3) is 10.2 Å². The number of fused-ring (bicyclic) bond motifs is 1. The highest BCUT2D eigenvalue weighted by Gasteiger charge is 2.21. The fourth-order valence-corrected chi connectivity index (χ4v) is 3.85. The van der Waals surface area contributed by atoms with E-state index >= 15 is 0 Å². The number of anilines is 1. The standard InChI is InChI=1S/C14H19ClN4OS/c1-2-10-9-11-12(16-14(15)17-13(11)21-10)19-5-3-18(4-6-19)7-8-20/h9,20H,2-8H2,1H3. The Kier molecular flexibility index (Phi) is 4.59. The monoisotopic (exact) mass is 326 g/mol. The molecule has 0 spiro atoms. The second-order valence-corrected chi connectivity index (χ2v) is 6.61. The molecule has 2 aromatic rings. The lowest BCUT2D eigenvalue weighted by Gasteiger charge is -2.35. The van der Waals surface area contributed by atoms with Crippen molar-refractivity contribution in [2.75, 3.05) is 44.2 Å². The SMILES string of the molecule is CCc1cc2c(N3CCN(CCO)CC3)nc(Cl)nc2s1. The molecule has 0 radical (unpaired) electrons. The Labute approximate surface area is 133 Å². The molecular formula is C14H19ClN4OS. The average Bonchev–Trinajstić information content (AvgIpc) is 2.90. The van der Waals surface area contributed by atoms with E-state index in [1.54, 1.807) is 11.3 Å². The summed E-state index contributed by atoms with van der Waals surface area (Å²) >= 11 is 7.78. The molecule has 0 unspecified atom stereocenters. The molecule has 1 saturated heterocycles. The lowest BCUT2D eigenvalue weighted by Crippen LogP contribution is -2.47. The third-order valence-electron chi connectivity index (χ3n) is 3.83. The van der Waals surface area contributed by atoms with E-state index in [9.17, 15) is 0 Å². The first kappa shape index (κ1) is 15.0. The number of aryl methyl sites for hydroxylation is 1. The maximum atomic E-state index is 9.02. The highest BCUT2D eigenvalue weighted by Crippen LogP contribution is 2.32. The number of halogens is 1. The van der Waals surface area contributed by atoms with Crippen molar-refractivity contribution in [3.63, 3.8) is 0 Å². The van der Waals surface area contributed by atoms with E-state index in [1.165, 1.54) is 4.88 Å². The van der Waals surface area contributed by atoms with E-state index < -0.39 is 0 Å². The Morgan fingerprint density at radius 1 is 1.29 bits per heavy atom. The maximum Gasteiger partial charge on any atom is 0.225 e. The molecule has 1 N–H and O–H groups in total. The predicted molar refractivity (Wildman–Crippen MR) is 87.5 cm³/mol. The van der Waals surface area contributed by atoms with Gasteiger partial charge in [-0.25, -0.2) is 4.98 Å². The van der Waals surface area contributed by atoms with Gasteiger partial charge in [-0.05, 0) is 24.1 Å². The highest BCUT2D eigenvalue weighted by atomic mass is 35.5. The van der Waals surface area contributed by atoms with E-state index in [4.69, 9.17) is 16.7 Å². The summed E-state index contributed by atoms with van der Waals surface area (Å²) in [4.78, 5) is 15.6. The smallest absolute Gasteiger partial charge is 0.225 e. The van der Waals surface area contributed by atoms with Crippen molar-refractivity contribution in [3.8, 4) is 0 Å². The minimum atomic E-state index is 0.216. The quantitative estimate of drug-likeness (QED) is 0.871. The van der Waals surface area contributed by atoms with Crippen LogP contribution in [0.5, 0.6) is 0 Å². The zero-order valence-corrected chi connectivity index (χ0v) is 13.6. The number of hydrogen-bond donors (Lipinski definition) is 1. The molecule has 114 valence electrons. The molecule has 0 amide bonds. The molecule has 5 nitrogen and oxygen atoms in total. The average molecular weight is 327 g/mol. The molecule has 21 heavy (non-hydrogen) atoms. The van der Waals surface area contributed by atoms with Crippen LogP contribution in [0.3, 0.4) is 0 Å². The van der Waals surface area contributed by atoms with Crippen molar-refractivity contribution >= 4 is 39.0 Å². The van der Waals surface area contributed by atoms with Crippen molar-refractivity contribution in [2.45, 2.75) is 13.3 Å². The third-order valence-corrected chi connectivity index (χ3v) is 5.18.